The highest BCUT2D eigenvalue weighted by atomic mass is 16.5. The Balaban J connectivity index is 1.24. The molecule has 0 heterocycles. The van der Waals surface area contributed by atoms with Gasteiger partial charge in [-0.15, -0.1) is 0 Å². The first-order valence-corrected chi connectivity index (χ1v) is 8.43. The first-order valence-electron chi connectivity index (χ1n) is 8.43. The Morgan fingerprint density at radius 1 is 0.913 bits per heavy atom. The largest absolute Gasteiger partial charge is 0.376 e. The van der Waals surface area contributed by atoms with Gasteiger partial charge in [-0.1, -0.05) is 60.7 Å². The van der Waals surface area contributed by atoms with Crippen LogP contribution in [0.25, 0.3) is 0 Å². The third kappa shape index (κ3) is 2.72. The maximum atomic E-state index is 12.5. The Morgan fingerprint density at radius 3 is 2.17 bits per heavy atom. The van der Waals surface area contributed by atoms with E-state index >= 15 is 0 Å². The smallest absolute Gasteiger partial charge is 0.140 e. The monoisotopic (exact) mass is 306 g/mol. The molecule has 0 atom stereocenters. The zero-order chi connectivity index (χ0) is 15.8. The summed E-state index contributed by atoms with van der Waals surface area (Å²) in [7, 11) is 0. The first-order chi connectivity index (χ1) is 11.2. The number of hydrogen-bond donors (Lipinski definition) is 0. The number of hydrogen-bond acceptors (Lipinski definition) is 2. The highest BCUT2D eigenvalue weighted by molar-refractivity contribution is 5.93. The van der Waals surface area contributed by atoms with Crippen LogP contribution in [-0.2, 0) is 22.6 Å². The van der Waals surface area contributed by atoms with Crippen molar-refractivity contribution in [1.29, 1.82) is 0 Å². The molecule has 0 unspecified atom stereocenters. The lowest BCUT2D eigenvalue weighted by molar-refractivity contribution is -0.122. The van der Waals surface area contributed by atoms with E-state index in [1.165, 1.54) is 11.1 Å². The normalized spacial score (nSPS) is 27.3. The molecule has 2 fully saturated rings. The molecule has 0 aliphatic heterocycles. The van der Waals surface area contributed by atoms with E-state index < -0.39 is 0 Å². The second kappa shape index (κ2) is 5.61. The van der Waals surface area contributed by atoms with Gasteiger partial charge in [-0.25, -0.2) is 0 Å². The van der Waals surface area contributed by atoms with Crippen LogP contribution >= 0.6 is 0 Å². The van der Waals surface area contributed by atoms with Crippen LogP contribution in [0.1, 0.15) is 30.4 Å². The zero-order valence-electron chi connectivity index (χ0n) is 13.3. The average molecular weight is 306 g/mol. The fourth-order valence-electron chi connectivity index (χ4n) is 3.83. The van der Waals surface area contributed by atoms with Crippen LogP contribution in [0.3, 0.4) is 0 Å². The van der Waals surface area contributed by atoms with Gasteiger partial charge in [-0.2, -0.15) is 0 Å². The predicted molar refractivity (Wildman–Crippen MR) is 90.0 cm³/mol. The van der Waals surface area contributed by atoms with Gasteiger partial charge in [-0.3, -0.25) is 4.79 Å². The summed E-state index contributed by atoms with van der Waals surface area (Å²) >= 11 is 0. The fourth-order valence-corrected chi connectivity index (χ4v) is 3.83. The molecule has 2 nitrogen and oxygen atoms in total. The van der Waals surface area contributed by atoms with Crippen molar-refractivity contribution in [1.82, 2.24) is 0 Å². The number of ether oxygens (including phenoxy) is 1. The fraction of sp³-hybridized carbons (Fsp3) is 0.381. The molecule has 2 aliphatic carbocycles. The van der Waals surface area contributed by atoms with E-state index in [9.17, 15) is 4.79 Å². The molecule has 0 amide bonds. The summed E-state index contributed by atoms with van der Waals surface area (Å²) in [4.78, 5) is 12.5. The van der Waals surface area contributed by atoms with Gasteiger partial charge in [0.1, 0.15) is 5.78 Å². The minimum absolute atomic E-state index is 0.0154. The molecule has 2 aromatic carbocycles. The molecular formula is C21H22O2. The third-order valence-corrected chi connectivity index (χ3v) is 5.55. The maximum absolute atomic E-state index is 12.5. The number of carbonyl (C=O) groups is 1. The molecule has 4 rings (SSSR count). The highest BCUT2D eigenvalue weighted by Gasteiger charge is 2.85. The molecule has 23 heavy (non-hydrogen) atoms. The van der Waals surface area contributed by atoms with Crippen molar-refractivity contribution in [2.75, 3.05) is 6.61 Å². The molecule has 2 heteroatoms. The summed E-state index contributed by atoms with van der Waals surface area (Å²) in [6.07, 6.45) is 3.62. The Kier molecular flexibility index (Phi) is 3.57. The molecule has 0 bridgehead atoms. The van der Waals surface area contributed by atoms with Gasteiger partial charge in [0.25, 0.3) is 0 Å². The molecule has 118 valence electrons. The van der Waals surface area contributed by atoms with Gasteiger partial charge in [0.05, 0.1) is 13.2 Å². The van der Waals surface area contributed by atoms with Crippen LogP contribution in [0, 0.1) is 10.8 Å². The van der Waals surface area contributed by atoms with Crippen LogP contribution in [0.15, 0.2) is 60.7 Å². The molecule has 0 spiro atoms. The summed E-state index contributed by atoms with van der Waals surface area (Å²) in [6, 6.07) is 20.5. The lowest BCUT2D eigenvalue weighted by Crippen LogP contribution is -2.08. The lowest BCUT2D eigenvalue weighted by atomic mass is 10.0. The topological polar surface area (TPSA) is 26.3 Å². The molecular weight excluding hydrogens is 284 g/mol. The van der Waals surface area contributed by atoms with Crippen LogP contribution < -0.4 is 0 Å². The standard InChI is InChI=1S/C21H22O2/c22-19(12-11-17-7-3-1-4-8-17)21-14-20(21,15-21)16-23-13-18-9-5-2-6-10-18/h1-10H,11-16H2. The van der Waals surface area contributed by atoms with E-state index in [-0.39, 0.29) is 10.8 Å². The second-order valence-corrected chi connectivity index (χ2v) is 7.10. The van der Waals surface area contributed by atoms with Gasteiger partial charge < -0.3 is 4.74 Å². The van der Waals surface area contributed by atoms with Crippen molar-refractivity contribution in [2.24, 2.45) is 10.8 Å². The zero-order valence-corrected chi connectivity index (χ0v) is 13.3. The van der Waals surface area contributed by atoms with Gasteiger partial charge in [0, 0.05) is 17.3 Å². The summed E-state index contributed by atoms with van der Waals surface area (Å²) in [5, 5.41) is 0. The van der Waals surface area contributed by atoms with E-state index in [0.29, 0.717) is 18.8 Å². The summed E-state index contributed by atoms with van der Waals surface area (Å²) in [6.45, 7) is 1.38. The van der Waals surface area contributed by atoms with Crippen molar-refractivity contribution in [3.63, 3.8) is 0 Å². The van der Waals surface area contributed by atoms with E-state index in [4.69, 9.17) is 4.74 Å². The Bertz CT molecular complexity index is 684. The quantitative estimate of drug-likeness (QED) is 0.731. The van der Waals surface area contributed by atoms with Crippen LogP contribution in [0.4, 0.5) is 0 Å². The van der Waals surface area contributed by atoms with Crippen LogP contribution in [-0.4, -0.2) is 12.4 Å². The van der Waals surface area contributed by atoms with Gasteiger partial charge in [0.2, 0.25) is 0 Å². The Labute approximate surface area is 137 Å². The lowest BCUT2D eigenvalue weighted by Gasteiger charge is -2.05. The molecule has 0 N–H and O–H groups in total. The molecule has 2 saturated carbocycles. The number of Topliss-reactive ketones (excluding diaryl/α,β-unsaturated/α-hetero) is 1. The molecule has 2 aliphatic rings. The number of benzene rings is 2. The number of carbonyl (C=O) groups excluding carboxylic acids is 1. The van der Waals surface area contributed by atoms with Gasteiger partial charge in [-0.05, 0) is 30.4 Å². The molecule has 2 aromatic rings. The van der Waals surface area contributed by atoms with Crippen LogP contribution in [0.5, 0.6) is 0 Å². The van der Waals surface area contributed by atoms with Crippen molar-refractivity contribution in [3.8, 4) is 0 Å². The summed E-state index contributed by atoms with van der Waals surface area (Å²) < 4.78 is 5.87. The Hall–Kier alpha value is -1.93. The molecule has 0 radical (unpaired) electrons. The van der Waals surface area contributed by atoms with E-state index in [2.05, 4.69) is 24.3 Å². The van der Waals surface area contributed by atoms with Crippen LogP contribution in [0.2, 0.25) is 0 Å². The van der Waals surface area contributed by atoms with Crippen molar-refractivity contribution < 1.29 is 9.53 Å². The van der Waals surface area contributed by atoms with Gasteiger partial charge in [0.15, 0.2) is 0 Å². The second-order valence-electron chi connectivity index (χ2n) is 7.10. The molecule has 0 aromatic heterocycles. The predicted octanol–water partition coefficient (Wildman–Crippen LogP) is 4.19. The van der Waals surface area contributed by atoms with Crippen molar-refractivity contribution >= 4 is 5.78 Å². The number of rotatable bonds is 8. The summed E-state index contributed by atoms with van der Waals surface area (Å²) in [5.41, 5.74) is 2.63. The van der Waals surface area contributed by atoms with Crippen molar-refractivity contribution in [2.45, 2.75) is 32.3 Å². The van der Waals surface area contributed by atoms with E-state index in [1.807, 2.05) is 36.4 Å². The molecule has 0 saturated heterocycles. The minimum atomic E-state index is -0.0154. The van der Waals surface area contributed by atoms with E-state index in [0.717, 1.165) is 25.9 Å². The highest BCUT2D eigenvalue weighted by Crippen LogP contribution is 2.86. The summed E-state index contributed by atoms with van der Waals surface area (Å²) in [5.74, 6) is 0.449. The maximum Gasteiger partial charge on any atom is 0.140 e. The van der Waals surface area contributed by atoms with Crippen molar-refractivity contribution in [3.05, 3.63) is 71.8 Å². The van der Waals surface area contributed by atoms with Gasteiger partial charge >= 0.3 is 0 Å². The van der Waals surface area contributed by atoms with E-state index in [1.54, 1.807) is 0 Å². The number of fused-ring (bicyclic) bond motifs is 1. The Morgan fingerprint density at radius 2 is 1.52 bits per heavy atom. The third-order valence-electron chi connectivity index (χ3n) is 5.55. The average Bonchev–Trinajstić information content (AvgIpc) is 3.42. The number of aryl methyl sites for hydroxylation is 1. The SMILES string of the molecule is O=C(CCc1ccccc1)C12CC1(COCc1ccccc1)C2. The number of ketones is 1. The first kappa shape index (κ1) is 14.6. The minimum Gasteiger partial charge on any atom is -0.376 e.